The van der Waals surface area contributed by atoms with Gasteiger partial charge in [-0.3, -0.25) is 14.3 Å². The van der Waals surface area contributed by atoms with E-state index in [0.717, 1.165) is 0 Å². The molecule has 4 N–H and O–H groups in total. The van der Waals surface area contributed by atoms with Crippen molar-refractivity contribution in [2.45, 2.75) is 6.42 Å². The number of benzene rings is 1. The van der Waals surface area contributed by atoms with Crippen LogP contribution in [-0.4, -0.2) is 31.2 Å². The van der Waals surface area contributed by atoms with Crippen molar-refractivity contribution in [3.8, 4) is 0 Å². The molecule has 0 fully saturated rings. The Labute approximate surface area is 114 Å². The average molecular weight is 307 g/mol. The molecule has 0 bridgehead atoms. The number of nitrogens with one attached hydrogen (secondary N) is 1. The number of anilines is 1. The second kappa shape index (κ2) is 5.89. The van der Waals surface area contributed by atoms with Gasteiger partial charge in [0.05, 0.1) is 22.9 Å². The van der Waals surface area contributed by atoms with Crippen molar-refractivity contribution in [1.82, 2.24) is 0 Å². The first-order valence-electron chi connectivity index (χ1n) is 5.03. The van der Waals surface area contributed by atoms with Crippen LogP contribution < -0.4 is 10.5 Å². The molecular formula is C10H11ClN2O5S. The number of rotatable bonds is 6. The Morgan fingerprint density at radius 2 is 2.00 bits per heavy atom. The van der Waals surface area contributed by atoms with Crippen molar-refractivity contribution in [3.05, 3.63) is 28.8 Å². The minimum atomic E-state index is -3.86. The summed E-state index contributed by atoms with van der Waals surface area (Å²) < 4.78 is 25.3. The molecular weight excluding hydrogens is 296 g/mol. The number of carbonyl (C=O) groups is 2. The summed E-state index contributed by atoms with van der Waals surface area (Å²) in [6, 6.07) is 3.85. The van der Waals surface area contributed by atoms with Crippen LogP contribution in [0.4, 0.5) is 5.69 Å². The standard InChI is InChI=1S/C10H11ClN2O5S/c11-7-2-1-6(10(12)16)5-8(7)13-19(17,18)4-3-9(14)15/h1-2,5,13H,3-4H2,(H2,12,16)(H,14,15). The van der Waals surface area contributed by atoms with E-state index in [0.29, 0.717) is 0 Å². The average Bonchev–Trinajstić information content (AvgIpc) is 2.29. The number of carboxylic acids is 1. The molecule has 0 saturated heterocycles. The molecule has 0 radical (unpaired) electrons. The number of carboxylic acid groups (broad SMARTS) is 1. The zero-order valence-corrected chi connectivity index (χ0v) is 11.2. The van der Waals surface area contributed by atoms with Crippen LogP contribution in [0.2, 0.25) is 5.02 Å². The van der Waals surface area contributed by atoms with Crippen LogP contribution in [-0.2, 0) is 14.8 Å². The Hall–Kier alpha value is -1.80. The first-order valence-corrected chi connectivity index (χ1v) is 7.06. The predicted octanol–water partition coefficient (Wildman–Crippen LogP) is 0.655. The number of hydrogen-bond acceptors (Lipinski definition) is 4. The third-order valence-corrected chi connectivity index (χ3v) is 3.70. The summed E-state index contributed by atoms with van der Waals surface area (Å²) in [6.45, 7) is 0. The van der Waals surface area contributed by atoms with E-state index in [2.05, 4.69) is 4.72 Å². The van der Waals surface area contributed by atoms with Gasteiger partial charge >= 0.3 is 5.97 Å². The zero-order chi connectivity index (χ0) is 14.6. The van der Waals surface area contributed by atoms with Crippen LogP contribution in [0.25, 0.3) is 0 Å². The molecule has 0 aliphatic rings. The highest BCUT2D eigenvalue weighted by atomic mass is 35.5. The maximum absolute atomic E-state index is 11.6. The first-order chi connectivity index (χ1) is 8.71. The summed E-state index contributed by atoms with van der Waals surface area (Å²) in [5, 5.41) is 8.51. The van der Waals surface area contributed by atoms with Gasteiger partial charge in [-0.1, -0.05) is 11.6 Å². The maximum atomic E-state index is 11.6. The third-order valence-electron chi connectivity index (χ3n) is 2.10. The van der Waals surface area contributed by atoms with Gasteiger partial charge in [-0.05, 0) is 18.2 Å². The topological polar surface area (TPSA) is 127 Å². The Morgan fingerprint density at radius 3 is 2.53 bits per heavy atom. The summed E-state index contributed by atoms with van der Waals surface area (Å²) in [5.74, 6) is -2.57. The van der Waals surface area contributed by atoms with Crippen LogP contribution in [0, 0.1) is 0 Å². The van der Waals surface area contributed by atoms with Crippen molar-refractivity contribution < 1.29 is 23.1 Å². The summed E-state index contributed by atoms with van der Waals surface area (Å²) in [4.78, 5) is 21.3. The van der Waals surface area contributed by atoms with Gasteiger partial charge in [0.15, 0.2) is 0 Å². The van der Waals surface area contributed by atoms with Crippen molar-refractivity contribution in [2.75, 3.05) is 10.5 Å². The van der Waals surface area contributed by atoms with E-state index in [1.165, 1.54) is 18.2 Å². The number of hydrogen-bond donors (Lipinski definition) is 3. The quantitative estimate of drug-likeness (QED) is 0.711. The van der Waals surface area contributed by atoms with Gasteiger partial charge in [0, 0.05) is 5.56 Å². The fraction of sp³-hybridized carbons (Fsp3) is 0.200. The lowest BCUT2D eigenvalue weighted by Crippen LogP contribution is -2.19. The minimum absolute atomic E-state index is 0.0247. The van der Waals surface area contributed by atoms with Crippen molar-refractivity contribution >= 4 is 39.2 Å². The number of halogens is 1. The maximum Gasteiger partial charge on any atom is 0.304 e. The van der Waals surface area contributed by atoms with Crippen molar-refractivity contribution in [3.63, 3.8) is 0 Å². The predicted molar refractivity (Wildman–Crippen MR) is 69.6 cm³/mol. The summed E-state index contributed by atoms with van der Waals surface area (Å²) in [5.41, 5.74) is 5.12. The Morgan fingerprint density at radius 1 is 1.37 bits per heavy atom. The zero-order valence-electron chi connectivity index (χ0n) is 9.59. The van der Waals surface area contributed by atoms with E-state index in [1.54, 1.807) is 0 Å². The molecule has 1 aromatic rings. The highest BCUT2D eigenvalue weighted by Gasteiger charge is 2.15. The monoisotopic (exact) mass is 306 g/mol. The molecule has 0 unspecified atom stereocenters. The second-order valence-electron chi connectivity index (χ2n) is 3.62. The summed E-state index contributed by atoms with van der Waals surface area (Å²) >= 11 is 5.77. The van der Waals surface area contributed by atoms with E-state index >= 15 is 0 Å². The normalized spacial score (nSPS) is 11.0. The molecule has 104 valence electrons. The van der Waals surface area contributed by atoms with Crippen LogP contribution in [0.15, 0.2) is 18.2 Å². The Kier molecular flexibility index (Phi) is 4.73. The van der Waals surface area contributed by atoms with Crippen LogP contribution in [0.1, 0.15) is 16.8 Å². The van der Waals surface area contributed by atoms with E-state index < -0.39 is 34.1 Å². The lowest BCUT2D eigenvalue weighted by molar-refractivity contribution is -0.136. The van der Waals surface area contributed by atoms with Crippen LogP contribution >= 0.6 is 11.6 Å². The van der Waals surface area contributed by atoms with Gasteiger partial charge in [0.25, 0.3) is 0 Å². The molecule has 1 rings (SSSR count). The third kappa shape index (κ3) is 4.76. The molecule has 0 saturated carbocycles. The molecule has 0 aromatic heterocycles. The second-order valence-corrected chi connectivity index (χ2v) is 5.87. The van der Waals surface area contributed by atoms with Gasteiger partial charge in [0.2, 0.25) is 15.9 Å². The van der Waals surface area contributed by atoms with Gasteiger partial charge in [-0.2, -0.15) is 0 Å². The summed E-state index contributed by atoms with van der Waals surface area (Å²) in [6.07, 6.45) is -0.539. The van der Waals surface area contributed by atoms with Gasteiger partial charge in [-0.15, -0.1) is 0 Å². The number of sulfonamides is 1. The molecule has 0 spiro atoms. The molecule has 0 aliphatic carbocycles. The number of carbonyl (C=O) groups excluding carboxylic acids is 1. The highest BCUT2D eigenvalue weighted by molar-refractivity contribution is 7.92. The van der Waals surface area contributed by atoms with E-state index in [1.807, 2.05) is 0 Å². The fourth-order valence-corrected chi connectivity index (χ4v) is 2.47. The van der Waals surface area contributed by atoms with Gasteiger partial charge in [-0.25, -0.2) is 8.42 Å². The van der Waals surface area contributed by atoms with Crippen molar-refractivity contribution in [1.29, 1.82) is 0 Å². The first kappa shape index (κ1) is 15.3. The number of aliphatic carboxylic acids is 1. The number of nitrogens with two attached hydrogens (primary N) is 1. The van der Waals surface area contributed by atoms with Gasteiger partial charge in [0.1, 0.15) is 0 Å². The van der Waals surface area contributed by atoms with Crippen LogP contribution in [0.5, 0.6) is 0 Å². The molecule has 1 aromatic carbocycles. The largest absolute Gasteiger partial charge is 0.481 e. The van der Waals surface area contributed by atoms with Crippen LogP contribution in [0.3, 0.4) is 0 Å². The SMILES string of the molecule is NC(=O)c1ccc(Cl)c(NS(=O)(=O)CCC(=O)O)c1. The Bertz CT molecular complexity index is 614. The molecule has 19 heavy (non-hydrogen) atoms. The lowest BCUT2D eigenvalue weighted by atomic mass is 10.2. The molecule has 0 heterocycles. The highest BCUT2D eigenvalue weighted by Crippen LogP contribution is 2.24. The molecule has 0 atom stereocenters. The van der Waals surface area contributed by atoms with E-state index in [4.69, 9.17) is 22.4 Å². The lowest BCUT2D eigenvalue weighted by Gasteiger charge is -2.09. The molecule has 0 aliphatic heterocycles. The Balaban J connectivity index is 2.95. The smallest absolute Gasteiger partial charge is 0.304 e. The minimum Gasteiger partial charge on any atom is -0.481 e. The summed E-state index contributed by atoms with van der Waals surface area (Å²) in [7, 11) is -3.86. The van der Waals surface area contributed by atoms with E-state index in [-0.39, 0.29) is 16.3 Å². The fourth-order valence-electron chi connectivity index (χ4n) is 1.20. The number of amides is 1. The van der Waals surface area contributed by atoms with Gasteiger partial charge < -0.3 is 10.8 Å². The number of primary amides is 1. The van der Waals surface area contributed by atoms with Crippen molar-refractivity contribution in [2.24, 2.45) is 5.73 Å². The molecule has 1 amide bonds. The molecule has 7 nitrogen and oxygen atoms in total. The van der Waals surface area contributed by atoms with E-state index in [9.17, 15) is 18.0 Å². The molecule has 9 heteroatoms.